The highest BCUT2D eigenvalue weighted by atomic mass is 16.3. The lowest BCUT2D eigenvalue weighted by atomic mass is 10.1. The first-order chi connectivity index (χ1) is 8.69. The second kappa shape index (κ2) is 5.37. The molecule has 0 unspecified atom stereocenters. The maximum atomic E-state index is 11.1. The van der Waals surface area contributed by atoms with Gasteiger partial charge in [-0.05, 0) is 37.1 Å². The third kappa shape index (κ3) is 2.89. The quantitative estimate of drug-likeness (QED) is 0.592. The van der Waals surface area contributed by atoms with Crippen molar-refractivity contribution in [3.63, 3.8) is 0 Å². The Kier molecular flexibility index (Phi) is 3.64. The number of hydrogen-bond acceptors (Lipinski definition) is 2. The van der Waals surface area contributed by atoms with Crippen LogP contribution >= 0.6 is 0 Å². The molecule has 0 saturated heterocycles. The molecule has 0 aliphatic heterocycles. The molecule has 0 saturated carbocycles. The Morgan fingerprint density at radius 2 is 1.83 bits per heavy atom. The van der Waals surface area contributed by atoms with Crippen molar-refractivity contribution >= 4 is 5.78 Å². The molecule has 1 heterocycles. The van der Waals surface area contributed by atoms with Gasteiger partial charge in [-0.3, -0.25) is 4.79 Å². The zero-order valence-electron chi connectivity index (χ0n) is 10.5. The van der Waals surface area contributed by atoms with Gasteiger partial charge in [0, 0.05) is 17.5 Å². The van der Waals surface area contributed by atoms with Gasteiger partial charge in [0.2, 0.25) is 0 Å². The molecule has 1 aromatic carbocycles. The highest BCUT2D eigenvalue weighted by Gasteiger charge is 1.98. The third-order valence-corrected chi connectivity index (χ3v) is 2.63. The number of hydrogen-bond donors (Lipinski definition) is 0. The van der Waals surface area contributed by atoms with Gasteiger partial charge in [0.1, 0.15) is 5.76 Å². The topological polar surface area (TPSA) is 30.2 Å². The van der Waals surface area contributed by atoms with Gasteiger partial charge in [-0.15, -0.1) is 0 Å². The van der Waals surface area contributed by atoms with Crippen molar-refractivity contribution in [2.75, 3.05) is 0 Å². The van der Waals surface area contributed by atoms with Crippen LogP contribution in [0.4, 0.5) is 0 Å². The zero-order valence-corrected chi connectivity index (χ0v) is 10.5. The number of ketones is 1. The van der Waals surface area contributed by atoms with Crippen LogP contribution in [0.3, 0.4) is 0 Å². The Bertz CT molecular complexity index is 607. The van der Waals surface area contributed by atoms with Gasteiger partial charge in [0.05, 0.1) is 0 Å². The van der Waals surface area contributed by atoms with E-state index in [1.807, 2.05) is 31.2 Å². The van der Waals surface area contributed by atoms with E-state index >= 15 is 0 Å². The number of carbonyl (C=O) groups excluding carboxylic acids is 1. The van der Waals surface area contributed by atoms with Gasteiger partial charge >= 0.3 is 0 Å². The summed E-state index contributed by atoms with van der Waals surface area (Å²) in [5.41, 5.74) is 1.57. The van der Waals surface area contributed by atoms with Gasteiger partial charge < -0.3 is 4.42 Å². The molecule has 0 amide bonds. The number of Topliss-reactive ketones (excluding diaryl/α,β-unsaturated/α-hetero) is 1. The second-order valence-corrected chi connectivity index (χ2v) is 4.00. The summed E-state index contributed by atoms with van der Waals surface area (Å²) in [7, 11) is 0. The largest absolute Gasteiger partial charge is 0.453 e. The van der Waals surface area contributed by atoms with Crippen molar-refractivity contribution in [1.82, 2.24) is 0 Å². The zero-order chi connectivity index (χ0) is 13.0. The van der Waals surface area contributed by atoms with Gasteiger partial charge in [-0.1, -0.05) is 25.0 Å². The van der Waals surface area contributed by atoms with Crippen LogP contribution in [-0.4, -0.2) is 5.78 Å². The first-order valence-corrected chi connectivity index (χ1v) is 5.91. The summed E-state index contributed by atoms with van der Waals surface area (Å²) in [6.07, 6.45) is 0.870. The van der Waals surface area contributed by atoms with E-state index < -0.39 is 0 Å². The van der Waals surface area contributed by atoms with E-state index in [1.54, 1.807) is 19.1 Å². The smallest absolute Gasteiger partial charge is 0.177 e. The summed E-state index contributed by atoms with van der Waals surface area (Å²) < 4.78 is 5.49. The van der Waals surface area contributed by atoms with Gasteiger partial charge in [0.15, 0.2) is 11.5 Å². The number of carbonyl (C=O) groups is 1. The molecule has 0 atom stereocenters. The standard InChI is InChI=1S/C16H14O2/c1-3-15-10-11-16(18-15)9-6-13-4-7-14(8-5-13)12(2)17/h4-5,7-8,10-11H,3H2,1-2H3. The Labute approximate surface area is 107 Å². The predicted molar refractivity (Wildman–Crippen MR) is 70.5 cm³/mol. The summed E-state index contributed by atoms with van der Waals surface area (Å²) >= 11 is 0. The molecule has 0 radical (unpaired) electrons. The first-order valence-electron chi connectivity index (χ1n) is 5.91. The molecule has 0 bridgehead atoms. The molecule has 18 heavy (non-hydrogen) atoms. The van der Waals surface area contributed by atoms with E-state index in [2.05, 4.69) is 11.8 Å². The lowest BCUT2D eigenvalue weighted by Crippen LogP contribution is -1.90. The van der Waals surface area contributed by atoms with E-state index in [0.717, 1.165) is 17.7 Å². The molecular weight excluding hydrogens is 224 g/mol. The van der Waals surface area contributed by atoms with E-state index in [9.17, 15) is 4.79 Å². The van der Waals surface area contributed by atoms with E-state index in [4.69, 9.17) is 4.42 Å². The Morgan fingerprint density at radius 1 is 1.11 bits per heavy atom. The summed E-state index contributed by atoms with van der Waals surface area (Å²) in [5, 5.41) is 0. The molecule has 0 aliphatic rings. The first kappa shape index (κ1) is 12.2. The third-order valence-electron chi connectivity index (χ3n) is 2.63. The van der Waals surface area contributed by atoms with Crippen molar-refractivity contribution in [2.45, 2.75) is 20.3 Å². The molecule has 0 N–H and O–H groups in total. The summed E-state index contributed by atoms with van der Waals surface area (Å²) in [6, 6.07) is 11.1. The number of rotatable bonds is 2. The summed E-state index contributed by atoms with van der Waals surface area (Å²) in [6.45, 7) is 3.59. The molecule has 1 aromatic heterocycles. The molecule has 0 aliphatic carbocycles. The van der Waals surface area contributed by atoms with Crippen LogP contribution in [-0.2, 0) is 6.42 Å². The molecule has 0 fully saturated rings. The van der Waals surface area contributed by atoms with E-state index in [1.165, 1.54) is 0 Å². The summed E-state index contributed by atoms with van der Waals surface area (Å²) in [4.78, 5) is 11.1. The van der Waals surface area contributed by atoms with E-state index in [-0.39, 0.29) is 5.78 Å². The SMILES string of the molecule is CCc1ccc(C#Cc2ccc(C(C)=O)cc2)o1. The van der Waals surface area contributed by atoms with Crippen LogP contribution in [0.25, 0.3) is 0 Å². The van der Waals surface area contributed by atoms with Crippen LogP contribution in [0.15, 0.2) is 40.8 Å². The summed E-state index contributed by atoms with van der Waals surface area (Å²) in [5.74, 6) is 7.64. The fourth-order valence-electron chi connectivity index (χ4n) is 1.56. The van der Waals surface area contributed by atoms with Crippen molar-refractivity contribution in [3.8, 4) is 11.8 Å². The van der Waals surface area contributed by atoms with Gasteiger partial charge in [-0.25, -0.2) is 0 Å². The number of furan rings is 1. The second-order valence-electron chi connectivity index (χ2n) is 4.00. The van der Waals surface area contributed by atoms with Crippen molar-refractivity contribution in [1.29, 1.82) is 0 Å². The molecule has 90 valence electrons. The minimum atomic E-state index is 0.0631. The van der Waals surface area contributed by atoms with Crippen LogP contribution in [0.1, 0.15) is 41.3 Å². The predicted octanol–water partition coefficient (Wildman–Crippen LogP) is 3.44. The number of benzene rings is 1. The minimum absolute atomic E-state index is 0.0631. The van der Waals surface area contributed by atoms with Gasteiger partial charge in [-0.2, -0.15) is 0 Å². The van der Waals surface area contributed by atoms with Crippen molar-refractivity contribution in [2.24, 2.45) is 0 Å². The molecule has 2 nitrogen and oxygen atoms in total. The van der Waals surface area contributed by atoms with Gasteiger partial charge in [0.25, 0.3) is 0 Å². The molecular formula is C16H14O2. The van der Waals surface area contributed by atoms with E-state index in [0.29, 0.717) is 11.3 Å². The monoisotopic (exact) mass is 238 g/mol. The average molecular weight is 238 g/mol. The maximum absolute atomic E-state index is 11.1. The van der Waals surface area contributed by atoms with Crippen LogP contribution in [0.5, 0.6) is 0 Å². The Balaban J connectivity index is 2.16. The fourth-order valence-corrected chi connectivity index (χ4v) is 1.56. The Morgan fingerprint density at radius 3 is 2.39 bits per heavy atom. The minimum Gasteiger partial charge on any atom is -0.453 e. The molecule has 2 heteroatoms. The van der Waals surface area contributed by atoms with Crippen LogP contribution in [0.2, 0.25) is 0 Å². The average Bonchev–Trinajstić information content (AvgIpc) is 2.85. The lowest BCUT2D eigenvalue weighted by molar-refractivity contribution is 0.101. The van der Waals surface area contributed by atoms with Crippen molar-refractivity contribution in [3.05, 3.63) is 59.0 Å². The lowest BCUT2D eigenvalue weighted by Gasteiger charge is -1.94. The highest BCUT2D eigenvalue weighted by Crippen LogP contribution is 2.08. The molecule has 2 aromatic rings. The Hall–Kier alpha value is -2.27. The van der Waals surface area contributed by atoms with Crippen molar-refractivity contribution < 1.29 is 9.21 Å². The highest BCUT2D eigenvalue weighted by molar-refractivity contribution is 5.94. The normalized spacial score (nSPS) is 9.67. The maximum Gasteiger partial charge on any atom is 0.177 e. The fraction of sp³-hybridized carbons (Fsp3) is 0.188. The molecule has 0 spiro atoms. The molecule has 2 rings (SSSR count). The van der Waals surface area contributed by atoms with Crippen LogP contribution < -0.4 is 0 Å². The van der Waals surface area contributed by atoms with Crippen LogP contribution in [0, 0.1) is 11.8 Å². The number of aryl methyl sites for hydroxylation is 1.